The first-order valence-electron chi connectivity index (χ1n) is 9.17. The van der Waals surface area contributed by atoms with Gasteiger partial charge in [0.05, 0.1) is 17.0 Å². The van der Waals surface area contributed by atoms with Gasteiger partial charge in [-0.2, -0.15) is 0 Å². The van der Waals surface area contributed by atoms with Crippen LogP contribution in [-0.2, 0) is 11.8 Å². The van der Waals surface area contributed by atoms with Crippen LogP contribution in [0, 0.1) is 16.1 Å². The summed E-state index contributed by atoms with van der Waals surface area (Å²) in [5.41, 5.74) is 1.14. The predicted molar refractivity (Wildman–Crippen MR) is 99.8 cm³/mol. The topological polar surface area (TPSA) is 76.1 Å². The fourth-order valence-electron chi connectivity index (χ4n) is 5.13. The van der Waals surface area contributed by atoms with Crippen LogP contribution in [-0.4, -0.2) is 34.2 Å². The van der Waals surface area contributed by atoms with Crippen LogP contribution in [0.25, 0.3) is 10.9 Å². The van der Waals surface area contributed by atoms with E-state index >= 15 is 0 Å². The van der Waals surface area contributed by atoms with E-state index in [1.54, 1.807) is 25.2 Å². The minimum Gasteiger partial charge on any atom is -0.377 e. The quantitative estimate of drug-likeness (QED) is 0.794. The number of fused-ring (bicyclic) bond motifs is 3. The molecule has 6 nitrogen and oxygen atoms in total. The summed E-state index contributed by atoms with van der Waals surface area (Å²) in [7, 11) is 1.63. The lowest BCUT2D eigenvalue weighted by atomic mass is 9.46. The van der Waals surface area contributed by atoms with Gasteiger partial charge in [-0.1, -0.05) is 6.42 Å². The second kappa shape index (κ2) is 5.50. The van der Waals surface area contributed by atoms with Crippen molar-refractivity contribution < 1.29 is 9.53 Å². The lowest BCUT2D eigenvalue weighted by Crippen LogP contribution is -2.71. The Morgan fingerprint density at radius 3 is 2.96 bits per heavy atom. The van der Waals surface area contributed by atoms with E-state index in [2.05, 4.69) is 10.3 Å². The van der Waals surface area contributed by atoms with E-state index in [4.69, 9.17) is 17.0 Å². The smallest absolute Gasteiger partial charge is 0.261 e. The number of nitrogens with one attached hydrogen (secondary N) is 2. The van der Waals surface area contributed by atoms with Crippen molar-refractivity contribution in [1.29, 1.82) is 0 Å². The van der Waals surface area contributed by atoms with Crippen LogP contribution in [0.3, 0.4) is 0 Å². The Balaban J connectivity index is 1.45. The molecular weight excluding hydrogens is 350 g/mol. The second-order valence-electron chi connectivity index (χ2n) is 7.84. The molecule has 1 saturated heterocycles. The Bertz CT molecular complexity index is 1040. The number of rotatable bonds is 2. The lowest BCUT2D eigenvalue weighted by molar-refractivity contribution is -0.172. The monoisotopic (exact) mass is 371 g/mol. The molecule has 1 aliphatic heterocycles. The number of H-pyrrole nitrogens is 1. The van der Waals surface area contributed by atoms with Gasteiger partial charge in [0.15, 0.2) is 4.77 Å². The van der Waals surface area contributed by atoms with E-state index in [-0.39, 0.29) is 22.9 Å². The first kappa shape index (κ1) is 16.2. The molecule has 0 bridgehead atoms. The molecule has 2 aliphatic carbocycles. The molecule has 136 valence electrons. The highest BCUT2D eigenvalue weighted by Crippen LogP contribution is 2.62. The summed E-state index contributed by atoms with van der Waals surface area (Å²) in [6.45, 7) is 0.805. The van der Waals surface area contributed by atoms with Crippen LogP contribution in [0.1, 0.15) is 36.0 Å². The van der Waals surface area contributed by atoms with Crippen molar-refractivity contribution in [2.24, 2.45) is 18.4 Å². The first-order valence-corrected chi connectivity index (χ1v) is 9.58. The highest BCUT2D eigenvalue weighted by atomic mass is 32.1. The number of carbonyl (C=O) groups excluding carboxylic acids is 1. The number of nitrogens with zero attached hydrogens (tertiary/aromatic N) is 1. The minimum absolute atomic E-state index is 0.0893. The van der Waals surface area contributed by atoms with Gasteiger partial charge in [-0.3, -0.25) is 14.2 Å². The molecule has 3 atom stereocenters. The third-order valence-corrected chi connectivity index (χ3v) is 7.06. The van der Waals surface area contributed by atoms with E-state index in [0.29, 0.717) is 33.3 Å². The van der Waals surface area contributed by atoms with E-state index in [1.165, 1.54) is 11.0 Å². The summed E-state index contributed by atoms with van der Waals surface area (Å²) in [5, 5.41) is 3.79. The molecule has 26 heavy (non-hydrogen) atoms. The van der Waals surface area contributed by atoms with Crippen LogP contribution in [0.4, 0.5) is 0 Å². The molecule has 7 heteroatoms. The van der Waals surface area contributed by atoms with Crippen LogP contribution in [0.15, 0.2) is 23.0 Å². The van der Waals surface area contributed by atoms with Gasteiger partial charge in [-0.15, -0.1) is 0 Å². The van der Waals surface area contributed by atoms with Crippen molar-refractivity contribution >= 4 is 29.0 Å². The minimum atomic E-state index is -0.158. The van der Waals surface area contributed by atoms with Crippen LogP contribution in [0.2, 0.25) is 0 Å². The molecule has 5 rings (SSSR count). The Morgan fingerprint density at radius 2 is 2.23 bits per heavy atom. The Hall–Kier alpha value is -1.99. The summed E-state index contributed by atoms with van der Waals surface area (Å²) in [6, 6.07) is 5.33. The molecule has 1 spiro atoms. The highest BCUT2D eigenvalue weighted by molar-refractivity contribution is 7.71. The summed E-state index contributed by atoms with van der Waals surface area (Å²) in [4.78, 5) is 28.2. The van der Waals surface area contributed by atoms with E-state index < -0.39 is 0 Å². The van der Waals surface area contributed by atoms with E-state index in [9.17, 15) is 9.59 Å². The number of hydrogen-bond donors (Lipinski definition) is 2. The maximum atomic E-state index is 12.9. The first-order chi connectivity index (χ1) is 12.5. The Morgan fingerprint density at radius 1 is 1.42 bits per heavy atom. The summed E-state index contributed by atoms with van der Waals surface area (Å²) < 4.78 is 7.66. The molecule has 2 saturated carbocycles. The fraction of sp³-hybridized carbons (Fsp3) is 0.526. The van der Waals surface area contributed by atoms with Crippen LogP contribution < -0.4 is 10.9 Å². The molecule has 1 amide bonds. The van der Waals surface area contributed by atoms with Crippen molar-refractivity contribution in [2.75, 3.05) is 6.61 Å². The third kappa shape index (κ3) is 2.04. The third-order valence-electron chi connectivity index (χ3n) is 6.69. The van der Waals surface area contributed by atoms with E-state index in [1.807, 2.05) is 0 Å². The molecule has 1 aromatic heterocycles. The highest BCUT2D eigenvalue weighted by Gasteiger charge is 2.66. The summed E-state index contributed by atoms with van der Waals surface area (Å²) in [6.07, 6.45) is 4.85. The molecule has 2 N–H and O–H groups in total. The average Bonchev–Trinajstić information content (AvgIpc) is 3.00. The van der Waals surface area contributed by atoms with Gasteiger partial charge in [0.2, 0.25) is 0 Å². The standard InChI is InChI=1S/C19H21N3O3S/c1-22-17(24)11-4-3-10(9-13(11)20-18(22)26)16(23)21-14-12-5-8-25-15(12)19(14)6-2-7-19/h3-4,9,12,14-15H,2,5-8H2,1H3,(H,20,26)(H,21,23)/t12-,14+,15-/m0/s1. The van der Waals surface area contributed by atoms with Crippen LogP contribution >= 0.6 is 12.2 Å². The molecular formula is C19H21N3O3S. The predicted octanol–water partition coefficient (Wildman–Crippen LogP) is 2.28. The van der Waals surface area contributed by atoms with Gasteiger partial charge in [0.25, 0.3) is 11.5 Å². The average molecular weight is 371 g/mol. The summed E-state index contributed by atoms with van der Waals surface area (Å²) in [5.74, 6) is 0.353. The fourth-order valence-corrected chi connectivity index (χ4v) is 5.32. The number of amides is 1. The zero-order chi connectivity index (χ0) is 18.1. The Kier molecular flexibility index (Phi) is 3.43. The van der Waals surface area contributed by atoms with Crippen molar-refractivity contribution in [2.45, 2.75) is 37.8 Å². The second-order valence-corrected chi connectivity index (χ2v) is 8.22. The molecule has 2 aromatic rings. The molecule has 0 radical (unpaired) electrons. The Labute approximate surface area is 155 Å². The SMILES string of the molecule is Cn1c(=S)[nH]c2cc(C(=O)N[C@@H]3[C@@H]4CCO[C@@H]4C34CCC4)ccc2c1=O. The van der Waals surface area contributed by atoms with Crippen molar-refractivity contribution in [3.63, 3.8) is 0 Å². The van der Waals surface area contributed by atoms with E-state index in [0.717, 1.165) is 25.9 Å². The molecule has 2 heterocycles. The van der Waals surface area contributed by atoms with Gasteiger partial charge >= 0.3 is 0 Å². The van der Waals surface area contributed by atoms with Gasteiger partial charge in [-0.25, -0.2) is 0 Å². The zero-order valence-electron chi connectivity index (χ0n) is 14.6. The van der Waals surface area contributed by atoms with Gasteiger partial charge in [-0.05, 0) is 49.7 Å². The lowest BCUT2D eigenvalue weighted by Gasteiger charge is -2.63. The molecule has 3 aliphatic rings. The zero-order valence-corrected chi connectivity index (χ0v) is 15.4. The number of hydrogen-bond acceptors (Lipinski definition) is 4. The van der Waals surface area contributed by atoms with Crippen molar-refractivity contribution in [3.05, 3.63) is 38.9 Å². The molecule has 0 unspecified atom stereocenters. The summed E-state index contributed by atoms with van der Waals surface area (Å²) >= 11 is 5.17. The van der Waals surface area contributed by atoms with Gasteiger partial charge < -0.3 is 15.0 Å². The number of carbonyl (C=O) groups is 1. The maximum Gasteiger partial charge on any atom is 0.261 e. The largest absolute Gasteiger partial charge is 0.377 e. The maximum absolute atomic E-state index is 12.9. The number of ether oxygens (including phenoxy) is 1. The molecule has 1 aromatic carbocycles. The van der Waals surface area contributed by atoms with Crippen molar-refractivity contribution in [1.82, 2.24) is 14.9 Å². The number of aromatic amines is 1. The normalized spacial score (nSPS) is 28.4. The van der Waals surface area contributed by atoms with Gasteiger partial charge in [0, 0.05) is 36.6 Å². The van der Waals surface area contributed by atoms with Gasteiger partial charge in [0.1, 0.15) is 0 Å². The molecule has 3 fully saturated rings. The number of benzene rings is 1. The number of aromatic nitrogens is 2. The van der Waals surface area contributed by atoms with Crippen molar-refractivity contribution in [3.8, 4) is 0 Å². The van der Waals surface area contributed by atoms with Crippen LogP contribution in [0.5, 0.6) is 0 Å².